The van der Waals surface area contributed by atoms with Gasteiger partial charge in [-0.3, -0.25) is 24.6 Å². The molecule has 2 fully saturated rings. The van der Waals surface area contributed by atoms with E-state index in [4.69, 9.17) is 14.6 Å². The Morgan fingerprint density at radius 2 is 1.49 bits per heavy atom. The number of carbonyl (C=O) groups excluding carboxylic acids is 3. The summed E-state index contributed by atoms with van der Waals surface area (Å²) in [5.74, 6) is -2.44. The summed E-state index contributed by atoms with van der Waals surface area (Å²) in [7, 11) is 0. The van der Waals surface area contributed by atoms with Crippen LogP contribution in [0.15, 0.2) is 97.1 Å². The van der Waals surface area contributed by atoms with Crippen LogP contribution in [0.25, 0.3) is 11.1 Å². The number of allylic oxidation sites excluding steroid dienone is 1. The van der Waals surface area contributed by atoms with Crippen molar-refractivity contribution in [1.82, 2.24) is 15.1 Å². The highest BCUT2D eigenvalue weighted by molar-refractivity contribution is 6.05. The minimum Gasteiger partial charge on any atom is -0.508 e. The van der Waals surface area contributed by atoms with Crippen molar-refractivity contribution < 1.29 is 47.3 Å². The first-order valence-corrected chi connectivity index (χ1v) is 19.7. The molecule has 14 heteroatoms. The zero-order valence-electron chi connectivity index (χ0n) is 32.7. The molecular weight excluding hydrogens is 766 g/mol. The molecule has 0 aromatic heterocycles. The summed E-state index contributed by atoms with van der Waals surface area (Å²) < 4.78 is 37.9. The van der Waals surface area contributed by atoms with E-state index in [9.17, 15) is 32.7 Å². The maximum Gasteiger partial charge on any atom is 0.490 e. The maximum absolute atomic E-state index is 13.1. The molecule has 0 bridgehead atoms. The number of aromatic hydroxyl groups is 1. The number of unbranched alkanes of at least 4 members (excludes halogenated alkanes) is 1. The summed E-state index contributed by atoms with van der Waals surface area (Å²) in [5, 5.41) is 19.4. The van der Waals surface area contributed by atoms with Crippen molar-refractivity contribution >= 4 is 40.5 Å². The Bertz CT molecular complexity index is 2150. The minimum absolute atomic E-state index is 0.136. The van der Waals surface area contributed by atoms with Crippen LogP contribution < -0.4 is 15.0 Å². The molecule has 2 saturated heterocycles. The average molecular weight is 813 g/mol. The smallest absolute Gasteiger partial charge is 0.490 e. The van der Waals surface area contributed by atoms with Gasteiger partial charge in [0.15, 0.2) is 0 Å². The number of piperazine rings is 1. The molecule has 4 aromatic carbocycles. The van der Waals surface area contributed by atoms with Gasteiger partial charge in [-0.05, 0) is 108 Å². The number of piperidine rings is 1. The first-order chi connectivity index (χ1) is 28.3. The van der Waals surface area contributed by atoms with Gasteiger partial charge in [0.05, 0.1) is 6.61 Å². The predicted octanol–water partition coefficient (Wildman–Crippen LogP) is 7.14. The number of rotatable bonds is 12. The number of nitrogens with zero attached hydrogens (tertiary/aromatic N) is 3. The lowest BCUT2D eigenvalue weighted by Gasteiger charge is -2.36. The van der Waals surface area contributed by atoms with Crippen LogP contribution in [0.1, 0.15) is 71.6 Å². The molecule has 11 nitrogen and oxygen atoms in total. The van der Waals surface area contributed by atoms with E-state index in [1.54, 1.807) is 17.0 Å². The number of hydrogen-bond acceptors (Lipinski definition) is 8. The minimum atomic E-state index is -5.08. The number of alkyl halides is 3. The predicted molar refractivity (Wildman–Crippen MR) is 217 cm³/mol. The summed E-state index contributed by atoms with van der Waals surface area (Å²) in [6.07, 6.45) is -1.56. The van der Waals surface area contributed by atoms with Gasteiger partial charge in [0.25, 0.3) is 5.91 Å². The molecule has 0 aliphatic carbocycles. The number of aliphatic carboxylic acids is 1. The molecule has 3 aliphatic heterocycles. The fourth-order valence-electron chi connectivity index (χ4n) is 7.64. The molecule has 0 unspecified atom stereocenters. The van der Waals surface area contributed by atoms with Gasteiger partial charge in [-0.2, -0.15) is 13.2 Å². The Balaban J connectivity index is 0.000000768. The third-order valence-electron chi connectivity index (χ3n) is 10.7. The quantitative estimate of drug-likeness (QED) is 0.0775. The first kappa shape index (κ1) is 42.5. The lowest BCUT2D eigenvalue weighted by molar-refractivity contribution is -0.192. The van der Waals surface area contributed by atoms with Crippen molar-refractivity contribution in [2.24, 2.45) is 0 Å². The number of hydrogen-bond donors (Lipinski definition) is 3. The highest BCUT2D eigenvalue weighted by Crippen LogP contribution is 2.36. The molecule has 4 aromatic rings. The second-order valence-electron chi connectivity index (χ2n) is 14.6. The molecule has 3 heterocycles. The van der Waals surface area contributed by atoms with Gasteiger partial charge in [0.2, 0.25) is 11.8 Å². The van der Waals surface area contributed by atoms with Crippen molar-refractivity contribution in [3.8, 4) is 11.5 Å². The number of amides is 3. The molecule has 3 aliphatic rings. The van der Waals surface area contributed by atoms with Crippen LogP contribution in [0, 0.1) is 0 Å². The molecule has 0 radical (unpaired) electrons. The molecule has 7 rings (SSSR count). The first-order valence-electron chi connectivity index (χ1n) is 19.7. The number of nitrogens with one attached hydrogen (secondary N) is 1. The average Bonchev–Trinajstić information content (AvgIpc) is 3.55. The fourth-order valence-corrected chi connectivity index (χ4v) is 7.64. The standard InChI is InChI=1S/C43H46N4O5.C2HF3O2/c1-2-37(30-8-4-3-5-9-30)41(31-10-15-35(48)16-11-31)32-12-17-36(18-13-32)52-27-7-6-22-45-23-25-46(26-24-45)34-14-19-38-33(28-34)29-47(43(38)51)39-20-21-40(49)44-42(39)50;3-2(4,5)1(6)7/h3-5,8-19,28,39,48H,2,6-7,20-27,29H2,1H3,(H,44,49,50);(H,6,7)/b41-37-;/t39-;/m0./s1. The molecule has 3 N–H and O–H groups in total. The third-order valence-corrected chi connectivity index (χ3v) is 10.7. The Kier molecular flexibility index (Phi) is 13.7. The summed E-state index contributed by atoms with van der Waals surface area (Å²) >= 11 is 0. The molecule has 1 atom stereocenters. The van der Waals surface area contributed by atoms with Gasteiger partial charge in [-0.15, -0.1) is 0 Å². The SMILES string of the molecule is CC/C(=C(\c1ccc(O)cc1)c1ccc(OCCCCN2CCN(c3ccc4c(c3)CN([C@H]3CCC(=O)NC3=O)C4=O)CC2)cc1)c1ccccc1.O=C(O)C(F)(F)F. The van der Waals surface area contributed by atoms with E-state index in [2.05, 4.69) is 76.6 Å². The molecule has 59 heavy (non-hydrogen) atoms. The highest BCUT2D eigenvalue weighted by Gasteiger charge is 2.40. The number of phenols is 1. The number of ether oxygens (including phenoxy) is 1. The zero-order chi connectivity index (χ0) is 42.1. The second kappa shape index (κ2) is 19.1. The van der Waals surface area contributed by atoms with Crippen LogP contribution in [-0.2, 0) is 20.9 Å². The maximum atomic E-state index is 13.1. The van der Waals surface area contributed by atoms with E-state index in [1.165, 1.54) is 11.1 Å². The van der Waals surface area contributed by atoms with E-state index in [0.717, 1.165) is 85.7 Å². The molecule has 3 amide bonds. The number of carboxylic acids is 1. The van der Waals surface area contributed by atoms with Gasteiger partial charge in [0.1, 0.15) is 17.5 Å². The van der Waals surface area contributed by atoms with Crippen LogP contribution in [0.3, 0.4) is 0 Å². The Hall–Kier alpha value is -6.15. The van der Waals surface area contributed by atoms with Crippen LogP contribution in [0.5, 0.6) is 11.5 Å². The normalized spacial score (nSPS) is 17.4. The number of anilines is 1. The Morgan fingerprint density at radius 3 is 2.10 bits per heavy atom. The molecule has 310 valence electrons. The monoisotopic (exact) mass is 812 g/mol. The van der Waals surface area contributed by atoms with E-state index < -0.39 is 18.2 Å². The van der Waals surface area contributed by atoms with Crippen molar-refractivity contribution in [3.63, 3.8) is 0 Å². The third kappa shape index (κ3) is 10.7. The van der Waals surface area contributed by atoms with E-state index >= 15 is 0 Å². The Morgan fingerprint density at radius 1 is 0.847 bits per heavy atom. The zero-order valence-corrected chi connectivity index (χ0v) is 32.7. The number of halogens is 3. The van der Waals surface area contributed by atoms with Crippen LogP contribution in [0.4, 0.5) is 18.9 Å². The topological polar surface area (TPSA) is 140 Å². The van der Waals surface area contributed by atoms with Gasteiger partial charge < -0.3 is 24.7 Å². The number of imide groups is 1. The number of benzene rings is 4. The Labute approximate surface area is 340 Å². The molecule has 0 saturated carbocycles. The number of carboxylic acid groups (broad SMARTS) is 1. The van der Waals surface area contributed by atoms with Gasteiger partial charge in [0, 0.05) is 50.4 Å². The van der Waals surface area contributed by atoms with Crippen molar-refractivity contribution in [2.75, 3.05) is 44.2 Å². The number of fused-ring (bicyclic) bond motifs is 1. The van der Waals surface area contributed by atoms with E-state index in [0.29, 0.717) is 25.1 Å². The van der Waals surface area contributed by atoms with Crippen LogP contribution >= 0.6 is 0 Å². The number of phenolic OH excluding ortho intramolecular Hbond substituents is 1. The lowest BCUT2D eigenvalue weighted by Crippen LogP contribution is -2.52. The molecular formula is C45H47F3N4O7. The van der Waals surface area contributed by atoms with E-state index in [1.807, 2.05) is 30.3 Å². The lowest BCUT2D eigenvalue weighted by atomic mass is 9.88. The highest BCUT2D eigenvalue weighted by atomic mass is 19.4. The van der Waals surface area contributed by atoms with Gasteiger partial charge in [-0.1, -0.05) is 61.5 Å². The van der Waals surface area contributed by atoms with Crippen molar-refractivity contribution in [2.45, 2.75) is 57.8 Å². The second-order valence-corrected chi connectivity index (χ2v) is 14.6. The van der Waals surface area contributed by atoms with E-state index in [-0.39, 0.29) is 29.9 Å². The summed E-state index contributed by atoms with van der Waals surface area (Å²) in [5.41, 5.74) is 8.47. The van der Waals surface area contributed by atoms with Crippen LogP contribution in [-0.4, -0.2) is 95.3 Å². The van der Waals surface area contributed by atoms with Gasteiger partial charge in [-0.25, -0.2) is 4.79 Å². The largest absolute Gasteiger partial charge is 0.508 e. The summed E-state index contributed by atoms with van der Waals surface area (Å²) in [6.45, 7) is 8.03. The van der Waals surface area contributed by atoms with Crippen molar-refractivity contribution in [1.29, 1.82) is 0 Å². The van der Waals surface area contributed by atoms with Crippen molar-refractivity contribution in [3.05, 3.63) is 125 Å². The number of carbonyl (C=O) groups is 4. The van der Waals surface area contributed by atoms with Crippen LogP contribution in [0.2, 0.25) is 0 Å². The summed E-state index contributed by atoms with van der Waals surface area (Å²) in [6, 6.07) is 31.7. The van der Waals surface area contributed by atoms with Gasteiger partial charge >= 0.3 is 12.1 Å². The fraction of sp³-hybridized carbons (Fsp3) is 0.333. The summed E-state index contributed by atoms with van der Waals surface area (Å²) in [4.78, 5) is 52.4. The molecule has 0 spiro atoms.